The first kappa shape index (κ1) is 15.5. The Kier molecular flexibility index (Phi) is 5.51. The number of methoxy groups -OCH3 is 2. The maximum atomic E-state index is 13.1. The zero-order valence-electron chi connectivity index (χ0n) is 8.82. The molecule has 0 aliphatic rings. The Hall–Kier alpha value is -0.530. The van der Waals surface area contributed by atoms with E-state index in [0.29, 0.717) is 14.2 Å². The molecule has 16 heavy (non-hydrogen) atoms. The molecule has 0 aliphatic heterocycles. The van der Waals surface area contributed by atoms with Crippen LogP contribution in [0.25, 0.3) is 0 Å². The summed E-state index contributed by atoms with van der Waals surface area (Å²) in [6.45, 7) is 1.21. The Morgan fingerprint density at radius 1 is 1.19 bits per heavy atom. The smallest absolute Gasteiger partial charge is 0.449 e. The van der Waals surface area contributed by atoms with Crippen molar-refractivity contribution >= 4 is 11.6 Å². The predicted molar refractivity (Wildman–Crippen MR) is 48.4 cm³/mol. The minimum atomic E-state index is -5.04. The van der Waals surface area contributed by atoms with Gasteiger partial charge in [0.1, 0.15) is 0 Å². The molecule has 96 valence electrons. The number of alkyl halides is 3. The summed E-state index contributed by atoms with van der Waals surface area (Å²) in [5.74, 6) is -3.35. The second-order valence-corrected chi connectivity index (χ2v) is 2.92. The SMILES string of the molecule is CCOC(F)=C(Cl)C(OC)(OC)C(F)(F)F. The number of ether oxygens (including phenoxy) is 3. The normalized spacial score (nSPS) is 14.8. The van der Waals surface area contributed by atoms with E-state index in [1.54, 1.807) is 0 Å². The van der Waals surface area contributed by atoms with Gasteiger partial charge in [0.2, 0.25) is 0 Å². The standard InChI is InChI=1S/C8H11ClF4O3/c1-4-16-6(10)5(9)7(14-2,15-3)8(11,12)13/h4H2,1-3H3. The lowest BCUT2D eigenvalue weighted by molar-refractivity contribution is -0.345. The molecule has 0 amide bonds. The van der Waals surface area contributed by atoms with Gasteiger partial charge in [0.15, 0.2) is 5.03 Å². The molecule has 0 bridgehead atoms. The maximum Gasteiger partial charge on any atom is 0.449 e. The average molecular weight is 267 g/mol. The molecule has 0 spiro atoms. The predicted octanol–water partition coefficient (Wildman–Crippen LogP) is 2.95. The zero-order valence-corrected chi connectivity index (χ0v) is 9.58. The Morgan fingerprint density at radius 3 is 1.88 bits per heavy atom. The summed E-state index contributed by atoms with van der Waals surface area (Å²) in [5.41, 5.74) is 0. The largest absolute Gasteiger partial charge is 0.470 e. The van der Waals surface area contributed by atoms with Gasteiger partial charge >= 0.3 is 12.0 Å². The minimum Gasteiger partial charge on any atom is -0.470 e. The van der Waals surface area contributed by atoms with Crippen molar-refractivity contribution in [2.75, 3.05) is 20.8 Å². The highest BCUT2D eigenvalue weighted by Crippen LogP contribution is 2.42. The number of halogens is 5. The van der Waals surface area contributed by atoms with Crippen molar-refractivity contribution in [1.82, 2.24) is 0 Å². The Morgan fingerprint density at radius 2 is 1.62 bits per heavy atom. The number of hydrogen-bond acceptors (Lipinski definition) is 3. The first-order valence-corrected chi connectivity index (χ1v) is 4.50. The molecule has 0 aromatic carbocycles. The van der Waals surface area contributed by atoms with E-state index in [2.05, 4.69) is 14.2 Å². The van der Waals surface area contributed by atoms with Gasteiger partial charge in [-0.05, 0) is 6.92 Å². The highest BCUT2D eigenvalue weighted by atomic mass is 35.5. The third kappa shape index (κ3) is 2.78. The highest BCUT2D eigenvalue weighted by molar-refractivity contribution is 6.30. The molecule has 0 aromatic rings. The fourth-order valence-electron chi connectivity index (χ4n) is 0.938. The van der Waals surface area contributed by atoms with Gasteiger partial charge in [0, 0.05) is 14.2 Å². The molecule has 3 nitrogen and oxygen atoms in total. The van der Waals surface area contributed by atoms with Crippen LogP contribution in [0.5, 0.6) is 0 Å². The van der Waals surface area contributed by atoms with E-state index in [9.17, 15) is 17.6 Å². The van der Waals surface area contributed by atoms with Crippen molar-refractivity contribution in [3.8, 4) is 0 Å². The molecule has 0 rings (SSSR count). The fraction of sp³-hybridized carbons (Fsp3) is 0.750. The first-order valence-electron chi connectivity index (χ1n) is 4.12. The van der Waals surface area contributed by atoms with Gasteiger partial charge in [-0.15, -0.1) is 0 Å². The zero-order chi connectivity index (χ0) is 13.0. The van der Waals surface area contributed by atoms with Crippen molar-refractivity contribution in [1.29, 1.82) is 0 Å². The second-order valence-electron chi connectivity index (χ2n) is 2.54. The highest BCUT2D eigenvalue weighted by Gasteiger charge is 2.61. The molecular weight excluding hydrogens is 256 g/mol. The van der Waals surface area contributed by atoms with Gasteiger partial charge in [-0.1, -0.05) is 11.6 Å². The van der Waals surface area contributed by atoms with Gasteiger partial charge in [0.25, 0.3) is 6.01 Å². The van der Waals surface area contributed by atoms with Crippen LogP contribution in [-0.2, 0) is 14.2 Å². The third-order valence-electron chi connectivity index (χ3n) is 1.68. The summed E-state index contributed by atoms with van der Waals surface area (Å²) in [6.07, 6.45) is -5.04. The molecule has 0 fully saturated rings. The van der Waals surface area contributed by atoms with Crippen LogP contribution in [0.3, 0.4) is 0 Å². The van der Waals surface area contributed by atoms with Gasteiger partial charge < -0.3 is 14.2 Å². The molecule has 0 unspecified atom stereocenters. The number of rotatable bonds is 5. The number of hydrogen-bond donors (Lipinski definition) is 0. The van der Waals surface area contributed by atoms with Crippen molar-refractivity contribution in [3.05, 3.63) is 11.0 Å². The third-order valence-corrected chi connectivity index (χ3v) is 2.08. The summed E-state index contributed by atoms with van der Waals surface area (Å²) < 4.78 is 63.4. The lowest BCUT2D eigenvalue weighted by Crippen LogP contribution is -2.49. The van der Waals surface area contributed by atoms with Crippen molar-refractivity contribution < 1.29 is 31.8 Å². The molecular formula is C8H11ClF4O3. The van der Waals surface area contributed by atoms with Gasteiger partial charge in [-0.25, -0.2) is 0 Å². The lowest BCUT2D eigenvalue weighted by atomic mass is 10.2. The van der Waals surface area contributed by atoms with Crippen molar-refractivity contribution in [2.45, 2.75) is 18.9 Å². The van der Waals surface area contributed by atoms with Crippen LogP contribution >= 0.6 is 11.6 Å². The van der Waals surface area contributed by atoms with E-state index in [1.165, 1.54) is 6.92 Å². The second kappa shape index (κ2) is 5.70. The summed E-state index contributed by atoms with van der Waals surface area (Å²) >= 11 is 5.23. The van der Waals surface area contributed by atoms with Crippen LogP contribution in [0.4, 0.5) is 17.6 Å². The molecule has 0 aromatic heterocycles. The van der Waals surface area contributed by atoms with E-state index in [4.69, 9.17) is 11.6 Å². The summed E-state index contributed by atoms with van der Waals surface area (Å²) in [6, 6.07) is -1.59. The van der Waals surface area contributed by atoms with Crippen LogP contribution in [0, 0.1) is 0 Å². The molecule has 8 heteroatoms. The Labute approximate surface area is 94.9 Å². The van der Waals surface area contributed by atoms with Gasteiger partial charge in [-0.3, -0.25) is 0 Å². The van der Waals surface area contributed by atoms with E-state index in [1.807, 2.05) is 0 Å². The molecule has 0 radical (unpaired) electrons. The summed E-state index contributed by atoms with van der Waals surface area (Å²) in [4.78, 5) is 0. The van der Waals surface area contributed by atoms with Gasteiger partial charge in [-0.2, -0.15) is 17.6 Å². The first-order chi connectivity index (χ1) is 7.26. The quantitative estimate of drug-likeness (QED) is 0.435. The van der Waals surface area contributed by atoms with E-state index >= 15 is 0 Å². The maximum absolute atomic E-state index is 13.1. The minimum absolute atomic E-state index is 0.177. The summed E-state index contributed by atoms with van der Waals surface area (Å²) in [5, 5.41) is -1.34. The average Bonchev–Trinajstić information content (AvgIpc) is 2.18. The van der Waals surface area contributed by atoms with Crippen LogP contribution in [0.2, 0.25) is 0 Å². The molecule has 0 saturated carbocycles. The van der Waals surface area contributed by atoms with Crippen molar-refractivity contribution in [3.63, 3.8) is 0 Å². The van der Waals surface area contributed by atoms with E-state index in [0.717, 1.165) is 0 Å². The Bertz CT molecular complexity index is 260. The molecule has 0 saturated heterocycles. The molecule has 0 aliphatic carbocycles. The topological polar surface area (TPSA) is 27.7 Å². The van der Waals surface area contributed by atoms with E-state index in [-0.39, 0.29) is 6.61 Å². The molecule has 0 heterocycles. The van der Waals surface area contributed by atoms with Crippen LogP contribution in [-0.4, -0.2) is 32.8 Å². The molecule has 0 N–H and O–H groups in total. The fourth-order valence-corrected chi connectivity index (χ4v) is 1.25. The van der Waals surface area contributed by atoms with E-state index < -0.39 is 23.0 Å². The summed E-state index contributed by atoms with van der Waals surface area (Å²) in [7, 11) is 1.39. The van der Waals surface area contributed by atoms with Gasteiger partial charge in [0.05, 0.1) is 6.61 Å². The van der Waals surface area contributed by atoms with Crippen molar-refractivity contribution in [2.24, 2.45) is 0 Å². The Balaban J connectivity index is 5.45. The lowest BCUT2D eigenvalue weighted by Gasteiger charge is -2.31. The van der Waals surface area contributed by atoms with Crippen LogP contribution in [0.15, 0.2) is 11.0 Å². The van der Waals surface area contributed by atoms with Crippen LogP contribution in [0.1, 0.15) is 6.92 Å². The van der Waals surface area contributed by atoms with Crippen LogP contribution < -0.4 is 0 Å². The monoisotopic (exact) mass is 266 g/mol. The molecule has 0 atom stereocenters.